The average Bonchev–Trinajstić information content (AvgIpc) is 3.08. The number of hydrogen-bond acceptors (Lipinski definition) is 6. The fraction of sp³-hybridized carbons (Fsp3) is 0.932. The van der Waals surface area contributed by atoms with Gasteiger partial charge in [0.05, 0.1) is 0 Å². The molecule has 0 radical (unpaired) electrons. The Hall–Kier alpha value is -1.59. The molecule has 0 saturated carbocycles. The molecule has 0 aliphatic heterocycles. The molecule has 0 aliphatic carbocycles. The molecule has 2 atom stereocenters. The SMILES string of the molecule is CCC(C)CCCCCCCCCCC(=O)OC[C@H](COC(=O)CCCCCCCCCCC(C)C)OC(=O)CCCCCCCCC(C)C. The lowest BCUT2D eigenvalue weighted by Gasteiger charge is -2.18. The molecule has 0 aromatic rings. The van der Waals surface area contributed by atoms with E-state index in [9.17, 15) is 14.4 Å². The number of rotatable bonds is 37. The zero-order valence-electron chi connectivity index (χ0n) is 34.2. The highest BCUT2D eigenvalue weighted by Gasteiger charge is 2.19. The molecular weight excluding hydrogens is 624 g/mol. The molecule has 0 aliphatic rings. The lowest BCUT2D eigenvalue weighted by Crippen LogP contribution is -2.30. The molecule has 1 unspecified atom stereocenters. The number of ether oxygens (including phenoxy) is 3. The number of carbonyl (C=O) groups excluding carboxylic acids is 3. The molecule has 296 valence electrons. The van der Waals surface area contributed by atoms with E-state index in [1.165, 1.54) is 109 Å². The first-order chi connectivity index (χ1) is 24.1. The highest BCUT2D eigenvalue weighted by molar-refractivity contribution is 5.71. The van der Waals surface area contributed by atoms with Crippen molar-refractivity contribution in [2.24, 2.45) is 17.8 Å². The van der Waals surface area contributed by atoms with Crippen molar-refractivity contribution < 1.29 is 28.6 Å². The van der Waals surface area contributed by atoms with E-state index in [4.69, 9.17) is 14.2 Å². The van der Waals surface area contributed by atoms with Gasteiger partial charge in [0.1, 0.15) is 13.2 Å². The highest BCUT2D eigenvalue weighted by atomic mass is 16.6. The predicted molar refractivity (Wildman–Crippen MR) is 210 cm³/mol. The second kappa shape index (κ2) is 35.8. The Morgan fingerprint density at radius 1 is 0.400 bits per heavy atom. The molecule has 0 amide bonds. The quantitative estimate of drug-likeness (QED) is 0.0363. The van der Waals surface area contributed by atoms with Crippen LogP contribution in [0.3, 0.4) is 0 Å². The van der Waals surface area contributed by atoms with Crippen LogP contribution in [0.1, 0.15) is 228 Å². The second-order valence-corrected chi connectivity index (χ2v) is 16.2. The van der Waals surface area contributed by atoms with Gasteiger partial charge in [0.25, 0.3) is 0 Å². The van der Waals surface area contributed by atoms with Crippen LogP contribution in [0, 0.1) is 17.8 Å². The first kappa shape index (κ1) is 48.4. The van der Waals surface area contributed by atoms with E-state index in [2.05, 4.69) is 41.5 Å². The van der Waals surface area contributed by atoms with Crippen LogP contribution in [-0.2, 0) is 28.6 Å². The van der Waals surface area contributed by atoms with Gasteiger partial charge in [0, 0.05) is 19.3 Å². The van der Waals surface area contributed by atoms with Crippen LogP contribution in [0.2, 0.25) is 0 Å². The number of carbonyl (C=O) groups is 3. The number of unbranched alkanes of at least 4 members (excludes halogenated alkanes) is 19. The molecule has 0 heterocycles. The highest BCUT2D eigenvalue weighted by Crippen LogP contribution is 2.17. The van der Waals surface area contributed by atoms with E-state index < -0.39 is 6.10 Å². The summed E-state index contributed by atoms with van der Waals surface area (Å²) < 4.78 is 16.7. The standard InChI is InChI=1S/C44H84O6/c1-7-40(6)32-26-20-13-9-11-15-22-28-34-43(46)49-37-41(50-44(47)35-29-23-17-16-19-25-31-39(4)5)36-48-42(45)33-27-21-14-10-8-12-18-24-30-38(2)3/h38-41H,7-37H2,1-6H3/t40?,41-/m0/s1. The van der Waals surface area contributed by atoms with E-state index in [0.717, 1.165) is 75.5 Å². The molecule has 0 saturated heterocycles. The zero-order chi connectivity index (χ0) is 37.1. The Morgan fingerprint density at radius 2 is 0.700 bits per heavy atom. The number of hydrogen-bond donors (Lipinski definition) is 0. The topological polar surface area (TPSA) is 78.9 Å². The van der Waals surface area contributed by atoms with Gasteiger partial charge in [-0.1, -0.05) is 189 Å². The third kappa shape index (κ3) is 36.2. The smallest absolute Gasteiger partial charge is 0.306 e. The molecule has 0 fully saturated rings. The van der Waals surface area contributed by atoms with Crippen molar-refractivity contribution in [2.75, 3.05) is 13.2 Å². The van der Waals surface area contributed by atoms with Crippen LogP contribution in [-0.4, -0.2) is 37.2 Å². The molecule has 0 bridgehead atoms. The van der Waals surface area contributed by atoms with Crippen LogP contribution in [0.15, 0.2) is 0 Å². The third-order valence-electron chi connectivity index (χ3n) is 10.0. The van der Waals surface area contributed by atoms with Crippen molar-refractivity contribution in [1.29, 1.82) is 0 Å². The molecule has 6 heteroatoms. The first-order valence-corrected chi connectivity index (χ1v) is 21.6. The van der Waals surface area contributed by atoms with Gasteiger partial charge in [-0.15, -0.1) is 0 Å². The van der Waals surface area contributed by atoms with Gasteiger partial charge < -0.3 is 14.2 Å². The lowest BCUT2D eigenvalue weighted by molar-refractivity contribution is -0.167. The summed E-state index contributed by atoms with van der Waals surface area (Å²) in [5.74, 6) is 1.53. The number of esters is 3. The van der Waals surface area contributed by atoms with Crippen LogP contribution in [0.25, 0.3) is 0 Å². The minimum Gasteiger partial charge on any atom is -0.462 e. The van der Waals surface area contributed by atoms with Gasteiger partial charge in [-0.25, -0.2) is 0 Å². The minimum absolute atomic E-state index is 0.0679. The summed E-state index contributed by atoms with van der Waals surface area (Å²) in [6.45, 7) is 13.6. The minimum atomic E-state index is -0.762. The Bertz CT molecular complexity index is 778. The summed E-state index contributed by atoms with van der Waals surface area (Å²) in [7, 11) is 0. The fourth-order valence-electron chi connectivity index (χ4n) is 6.32. The van der Waals surface area contributed by atoms with E-state index >= 15 is 0 Å². The van der Waals surface area contributed by atoms with Gasteiger partial charge >= 0.3 is 17.9 Å². The molecule has 0 N–H and O–H groups in total. The maximum Gasteiger partial charge on any atom is 0.306 e. The summed E-state index contributed by atoms with van der Waals surface area (Å²) in [5, 5.41) is 0. The van der Waals surface area contributed by atoms with Crippen LogP contribution >= 0.6 is 0 Å². The first-order valence-electron chi connectivity index (χ1n) is 21.6. The zero-order valence-corrected chi connectivity index (χ0v) is 34.2. The Balaban J connectivity index is 4.35. The van der Waals surface area contributed by atoms with Gasteiger partial charge in [-0.2, -0.15) is 0 Å². The van der Waals surface area contributed by atoms with Gasteiger partial charge in [-0.3, -0.25) is 14.4 Å². The van der Waals surface area contributed by atoms with Crippen molar-refractivity contribution in [2.45, 2.75) is 234 Å². The molecular formula is C44H84O6. The van der Waals surface area contributed by atoms with Gasteiger partial charge in [0.15, 0.2) is 6.10 Å². The maximum absolute atomic E-state index is 12.6. The van der Waals surface area contributed by atoms with Crippen molar-refractivity contribution in [3.05, 3.63) is 0 Å². The third-order valence-corrected chi connectivity index (χ3v) is 10.0. The predicted octanol–water partition coefficient (Wildman–Crippen LogP) is 13.3. The van der Waals surface area contributed by atoms with E-state index in [0.29, 0.717) is 19.3 Å². The second-order valence-electron chi connectivity index (χ2n) is 16.2. The van der Waals surface area contributed by atoms with Gasteiger partial charge in [-0.05, 0) is 37.0 Å². The summed E-state index contributed by atoms with van der Waals surface area (Å²) in [5.41, 5.74) is 0. The fourth-order valence-corrected chi connectivity index (χ4v) is 6.32. The van der Waals surface area contributed by atoms with Crippen molar-refractivity contribution in [3.63, 3.8) is 0 Å². The monoisotopic (exact) mass is 709 g/mol. The summed E-state index contributed by atoms with van der Waals surface area (Å²) in [6, 6.07) is 0. The normalized spacial score (nSPS) is 12.7. The molecule has 6 nitrogen and oxygen atoms in total. The average molecular weight is 709 g/mol. The summed E-state index contributed by atoms with van der Waals surface area (Å²) in [6.07, 6.45) is 31.0. The molecule has 50 heavy (non-hydrogen) atoms. The molecule has 0 aromatic heterocycles. The van der Waals surface area contributed by atoms with Crippen LogP contribution in [0.4, 0.5) is 0 Å². The van der Waals surface area contributed by atoms with E-state index in [1.807, 2.05) is 0 Å². The summed E-state index contributed by atoms with van der Waals surface area (Å²) in [4.78, 5) is 37.6. The molecule has 0 rings (SSSR count). The Morgan fingerprint density at radius 3 is 1.04 bits per heavy atom. The summed E-state index contributed by atoms with van der Waals surface area (Å²) >= 11 is 0. The van der Waals surface area contributed by atoms with E-state index in [1.54, 1.807) is 0 Å². The molecule has 0 spiro atoms. The lowest BCUT2D eigenvalue weighted by atomic mass is 9.99. The van der Waals surface area contributed by atoms with E-state index in [-0.39, 0.29) is 31.1 Å². The van der Waals surface area contributed by atoms with Crippen molar-refractivity contribution in [3.8, 4) is 0 Å². The maximum atomic E-state index is 12.6. The Kier molecular flexibility index (Phi) is 34.7. The van der Waals surface area contributed by atoms with Crippen molar-refractivity contribution in [1.82, 2.24) is 0 Å². The van der Waals surface area contributed by atoms with Crippen LogP contribution in [0.5, 0.6) is 0 Å². The van der Waals surface area contributed by atoms with Crippen LogP contribution < -0.4 is 0 Å². The van der Waals surface area contributed by atoms with Gasteiger partial charge in [0.2, 0.25) is 0 Å². The molecule has 0 aromatic carbocycles. The Labute approximate surface area is 310 Å². The van der Waals surface area contributed by atoms with Crippen molar-refractivity contribution >= 4 is 17.9 Å². The largest absolute Gasteiger partial charge is 0.462 e.